The molecule has 1 aromatic rings. The molecule has 2 aliphatic rings. The third kappa shape index (κ3) is 3.71. The third-order valence-corrected chi connectivity index (χ3v) is 4.65. The lowest BCUT2D eigenvalue weighted by molar-refractivity contribution is 0.0176. The Morgan fingerprint density at radius 1 is 1.17 bits per heavy atom. The molecule has 5 heteroatoms. The first-order chi connectivity index (χ1) is 11.3. The summed E-state index contributed by atoms with van der Waals surface area (Å²) < 4.78 is 5.47. The molecule has 2 aliphatic heterocycles. The number of hydrogen-bond donors (Lipinski definition) is 0. The van der Waals surface area contributed by atoms with Crippen LogP contribution in [0.5, 0.6) is 0 Å². The Hall–Kier alpha value is -2.04. The Balaban J connectivity index is 1.58. The summed E-state index contributed by atoms with van der Waals surface area (Å²) in [6.45, 7) is 10.1. The summed E-state index contributed by atoms with van der Waals surface area (Å²) in [6, 6.07) is 8.52. The number of ether oxygens (including phenoxy) is 1. The Morgan fingerprint density at radius 3 is 2.38 bits per heavy atom. The second-order valence-electron chi connectivity index (χ2n) is 7.90. The predicted octanol–water partition coefficient (Wildman–Crippen LogP) is 3.61. The van der Waals surface area contributed by atoms with Crippen molar-refractivity contribution < 1.29 is 9.53 Å². The van der Waals surface area contributed by atoms with Crippen LogP contribution in [0.1, 0.15) is 39.2 Å². The molecule has 1 spiro atoms. The van der Waals surface area contributed by atoms with E-state index in [0.29, 0.717) is 13.1 Å². The van der Waals surface area contributed by atoms with Gasteiger partial charge in [0.1, 0.15) is 5.60 Å². The van der Waals surface area contributed by atoms with Gasteiger partial charge in [0, 0.05) is 25.3 Å². The van der Waals surface area contributed by atoms with E-state index in [4.69, 9.17) is 9.73 Å². The number of rotatable bonds is 1. The number of nitrogens with zero attached hydrogens (tertiary/aromatic N) is 3. The van der Waals surface area contributed by atoms with Crippen LogP contribution in [0.4, 0.5) is 10.5 Å². The summed E-state index contributed by atoms with van der Waals surface area (Å²) >= 11 is 0. The van der Waals surface area contributed by atoms with Crippen molar-refractivity contribution in [1.82, 2.24) is 4.90 Å². The van der Waals surface area contributed by atoms with Crippen molar-refractivity contribution >= 4 is 18.1 Å². The maximum absolute atomic E-state index is 12.2. The van der Waals surface area contributed by atoms with Gasteiger partial charge in [-0.05, 0) is 52.7 Å². The summed E-state index contributed by atoms with van der Waals surface area (Å²) in [5.41, 5.74) is 1.93. The molecule has 0 radical (unpaired) electrons. The molecule has 24 heavy (non-hydrogen) atoms. The molecular weight excluding hydrogens is 302 g/mol. The first-order valence-electron chi connectivity index (χ1n) is 8.63. The van der Waals surface area contributed by atoms with Gasteiger partial charge >= 0.3 is 6.09 Å². The number of likely N-dealkylation sites (tertiary alicyclic amines) is 1. The number of aliphatic imine (C=N–C) groups is 1. The fraction of sp³-hybridized carbons (Fsp3) is 0.579. The minimum atomic E-state index is -0.444. The van der Waals surface area contributed by atoms with E-state index in [-0.39, 0.29) is 11.6 Å². The number of carbonyl (C=O) groups is 1. The molecule has 1 saturated heterocycles. The highest BCUT2D eigenvalue weighted by Crippen LogP contribution is 2.33. The monoisotopic (exact) mass is 329 g/mol. The number of piperidine rings is 1. The van der Waals surface area contributed by atoms with Crippen LogP contribution in [-0.4, -0.2) is 48.1 Å². The van der Waals surface area contributed by atoms with Crippen LogP contribution in [0, 0.1) is 6.92 Å². The van der Waals surface area contributed by atoms with Crippen LogP contribution in [-0.2, 0) is 4.74 Å². The lowest BCUT2D eigenvalue weighted by atomic mass is 9.88. The first-order valence-corrected chi connectivity index (χ1v) is 8.63. The number of amides is 1. The minimum absolute atomic E-state index is 0.0661. The summed E-state index contributed by atoms with van der Waals surface area (Å²) in [6.07, 6.45) is 3.50. The van der Waals surface area contributed by atoms with E-state index in [1.807, 2.05) is 27.1 Å². The van der Waals surface area contributed by atoms with Gasteiger partial charge in [-0.15, -0.1) is 0 Å². The van der Waals surface area contributed by atoms with Crippen molar-refractivity contribution in [3.8, 4) is 0 Å². The average Bonchev–Trinajstić information content (AvgIpc) is 2.91. The van der Waals surface area contributed by atoms with Gasteiger partial charge in [0.15, 0.2) is 0 Å². The highest BCUT2D eigenvalue weighted by atomic mass is 16.6. The molecular formula is C19H27N3O2. The van der Waals surface area contributed by atoms with E-state index in [1.165, 1.54) is 11.3 Å². The van der Waals surface area contributed by atoms with E-state index in [2.05, 4.69) is 36.1 Å². The highest BCUT2D eigenvalue weighted by molar-refractivity contribution is 5.82. The van der Waals surface area contributed by atoms with Crippen molar-refractivity contribution in [2.24, 2.45) is 4.99 Å². The van der Waals surface area contributed by atoms with Crippen molar-refractivity contribution in [1.29, 1.82) is 0 Å². The first kappa shape index (κ1) is 16.8. The van der Waals surface area contributed by atoms with E-state index in [9.17, 15) is 4.79 Å². The van der Waals surface area contributed by atoms with Gasteiger partial charge in [0.05, 0.1) is 11.9 Å². The second-order valence-corrected chi connectivity index (χ2v) is 7.90. The fourth-order valence-electron chi connectivity index (χ4n) is 3.20. The standard InChI is InChI=1S/C19H27N3O2/c1-15-5-7-16(8-6-15)22-13-19(20-14-22)9-11-21(12-10-19)17(23)24-18(2,3)4/h5-8,14H,9-13H2,1-4H3. The molecule has 0 unspecified atom stereocenters. The van der Waals surface area contributed by atoms with E-state index in [1.54, 1.807) is 4.90 Å². The average molecular weight is 329 g/mol. The van der Waals surface area contributed by atoms with Crippen LogP contribution in [0.15, 0.2) is 29.3 Å². The summed E-state index contributed by atoms with van der Waals surface area (Å²) in [5.74, 6) is 0. The molecule has 1 aromatic carbocycles. The fourth-order valence-corrected chi connectivity index (χ4v) is 3.20. The molecule has 0 N–H and O–H groups in total. The number of anilines is 1. The number of carbonyl (C=O) groups excluding carboxylic acids is 1. The van der Waals surface area contributed by atoms with Gasteiger partial charge in [-0.25, -0.2) is 4.79 Å². The van der Waals surface area contributed by atoms with Gasteiger partial charge in [-0.3, -0.25) is 4.99 Å². The SMILES string of the molecule is Cc1ccc(N2C=NC3(CCN(C(=O)OC(C)(C)C)CC3)C2)cc1. The number of aryl methyl sites for hydroxylation is 1. The summed E-state index contributed by atoms with van der Waals surface area (Å²) in [4.78, 5) is 21.0. The van der Waals surface area contributed by atoms with Crippen molar-refractivity contribution in [2.45, 2.75) is 51.7 Å². The molecule has 1 amide bonds. The zero-order chi connectivity index (χ0) is 17.4. The second kappa shape index (κ2) is 6.11. The van der Waals surface area contributed by atoms with Crippen molar-refractivity contribution in [2.75, 3.05) is 24.5 Å². The van der Waals surface area contributed by atoms with Crippen LogP contribution in [0.3, 0.4) is 0 Å². The smallest absolute Gasteiger partial charge is 0.410 e. The molecule has 1 fully saturated rings. The summed E-state index contributed by atoms with van der Waals surface area (Å²) in [5, 5.41) is 0. The molecule has 0 aromatic heterocycles. The number of benzene rings is 1. The van der Waals surface area contributed by atoms with Crippen LogP contribution < -0.4 is 4.90 Å². The van der Waals surface area contributed by atoms with Crippen LogP contribution in [0.25, 0.3) is 0 Å². The minimum Gasteiger partial charge on any atom is -0.444 e. The van der Waals surface area contributed by atoms with E-state index in [0.717, 1.165) is 19.4 Å². The molecule has 2 heterocycles. The van der Waals surface area contributed by atoms with Crippen molar-refractivity contribution in [3.05, 3.63) is 29.8 Å². The van der Waals surface area contributed by atoms with E-state index < -0.39 is 5.60 Å². The largest absolute Gasteiger partial charge is 0.444 e. The molecule has 0 aliphatic carbocycles. The molecule has 3 rings (SSSR count). The summed E-state index contributed by atoms with van der Waals surface area (Å²) in [7, 11) is 0. The van der Waals surface area contributed by atoms with Gasteiger partial charge in [0.25, 0.3) is 0 Å². The third-order valence-electron chi connectivity index (χ3n) is 4.65. The van der Waals surface area contributed by atoms with Gasteiger partial charge in [-0.1, -0.05) is 17.7 Å². The lowest BCUT2D eigenvalue weighted by Gasteiger charge is -2.38. The normalized spacial score (nSPS) is 19.8. The van der Waals surface area contributed by atoms with E-state index >= 15 is 0 Å². The Morgan fingerprint density at radius 2 is 1.79 bits per heavy atom. The molecule has 5 nitrogen and oxygen atoms in total. The predicted molar refractivity (Wildman–Crippen MR) is 96.8 cm³/mol. The zero-order valence-corrected chi connectivity index (χ0v) is 15.1. The quantitative estimate of drug-likeness (QED) is 0.790. The van der Waals surface area contributed by atoms with Gasteiger partial charge < -0.3 is 14.5 Å². The topological polar surface area (TPSA) is 45.1 Å². The molecule has 0 atom stereocenters. The van der Waals surface area contributed by atoms with Crippen LogP contribution in [0.2, 0.25) is 0 Å². The Kier molecular flexibility index (Phi) is 4.28. The van der Waals surface area contributed by atoms with Gasteiger partial charge in [-0.2, -0.15) is 0 Å². The highest BCUT2D eigenvalue weighted by Gasteiger charge is 2.40. The lowest BCUT2D eigenvalue weighted by Crippen LogP contribution is -2.49. The molecule has 130 valence electrons. The zero-order valence-electron chi connectivity index (χ0n) is 15.1. The van der Waals surface area contributed by atoms with Crippen LogP contribution >= 0.6 is 0 Å². The van der Waals surface area contributed by atoms with Crippen molar-refractivity contribution in [3.63, 3.8) is 0 Å². The Labute approximate surface area is 144 Å². The van der Waals surface area contributed by atoms with Gasteiger partial charge in [0.2, 0.25) is 0 Å². The molecule has 0 bridgehead atoms. The maximum Gasteiger partial charge on any atom is 0.410 e. The molecule has 0 saturated carbocycles. The maximum atomic E-state index is 12.2. The number of hydrogen-bond acceptors (Lipinski definition) is 4. The Bertz CT molecular complexity index is 623.